The summed E-state index contributed by atoms with van der Waals surface area (Å²) in [5, 5.41) is 13.1. The van der Waals surface area contributed by atoms with Crippen LogP contribution >= 0.6 is 0 Å². The third-order valence-corrected chi connectivity index (χ3v) is 3.58. The van der Waals surface area contributed by atoms with Crippen molar-refractivity contribution in [3.05, 3.63) is 70.0 Å². The number of nitro groups is 1. The Labute approximate surface area is 164 Å². The van der Waals surface area contributed by atoms with Gasteiger partial charge in [0.1, 0.15) is 6.04 Å². The van der Waals surface area contributed by atoms with Crippen molar-refractivity contribution >= 4 is 23.4 Å². The average molecular weight is 404 g/mol. The molecule has 0 spiro atoms. The zero-order valence-corrected chi connectivity index (χ0v) is 15.2. The van der Waals surface area contributed by atoms with E-state index in [2.05, 4.69) is 16.2 Å². The zero-order chi connectivity index (χ0) is 21.4. The van der Waals surface area contributed by atoms with Gasteiger partial charge in [0.15, 0.2) is 18.2 Å². The minimum Gasteiger partial charge on any atom is -0.481 e. The SMILES string of the molecule is C[C@H](NC(=O)c1cccc([N+](=O)[O-])c1)C(=O)NNC(=O)COc1ccccc1F. The predicted molar refractivity (Wildman–Crippen MR) is 98.2 cm³/mol. The number of nitro benzene ring substituents is 1. The van der Waals surface area contributed by atoms with Crippen LogP contribution in [0.4, 0.5) is 10.1 Å². The minimum atomic E-state index is -1.06. The van der Waals surface area contributed by atoms with Crippen LogP contribution in [-0.2, 0) is 9.59 Å². The molecule has 0 radical (unpaired) electrons. The van der Waals surface area contributed by atoms with Crippen molar-refractivity contribution in [1.29, 1.82) is 0 Å². The smallest absolute Gasteiger partial charge is 0.276 e. The van der Waals surface area contributed by atoms with E-state index in [1.807, 2.05) is 0 Å². The van der Waals surface area contributed by atoms with Gasteiger partial charge in [0.2, 0.25) is 0 Å². The van der Waals surface area contributed by atoms with E-state index in [1.165, 1.54) is 49.4 Å². The highest BCUT2D eigenvalue weighted by atomic mass is 19.1. The number of para-hydroxylation sites is 1. The van der Waals surface area contributed by atoms with Crippen molar-refractivity contribution in [1.82, 2.24) is 16.2 Å². The summed E-state index contributed by atoms with van der Waals surface area (Å²) in [4.78, 5) is 45.9. The lowest BCUT2D eigenvalue weighted by atomic mass is 10.2. The van der Waals surface area contributed by atoms with Gasteiger partial charge in [-0.25, -0.2) is 4.39 Å². The van der Waals surface area contributed by atoms with Gasteiger partial charge in [-0.3, -0.25) is 35.3 Å². The van der Waals surface area contributed by atoms with E-state index in [1.54, 1.807) is 0 Å². The number of carbonyl (C=O) groups excluding carboxylic acids is 3. The third kappa shape index (κ3) is 6.27. The number of hydrogen-bond acceptors (Lipinski definition) is 6. The van der Waals surface area contributed by atoms with Crippen LogP contribution < -0.4 is 20.9 Å². The fourth-order valence-corrected chi connectivity index (χ4v) is 2.09. The van der Waals surface area contributed by atoms with Crippen molar-refractivity contribution in [3.8, 4) is 5.75 Å². The van der Waals surface area contributed by atoms with E-state index >= 15 is 0 Å². The van der Waals surface area contributed by atoms with Gasteiger partial charge in [-0.1, -0.05) is 18.2 Å². The largest absolute Gasteiger partial charge is 0.481 e. The third-order valence-electron chi connectivity index (χ3n) is 3.58. The van der Waals surface area contributed by atoms with Crippen LogP contribution in [0.5, 0.6) is 5.75 Å². The molecule has 0 unspecified atom stereocenters. The summed E-state index contributed by atoms with van der Waals surface area (Å²) in [6.07, 6.45) is 0. The Morgan fingerprint density at radius 1 is 1.14 bits per heavy atom. The summed E-state index contributed by atoms with van der Waals surface area (Å²) in [7, 11) is 0. The summed E-state index contributed by atoms with van der Waals surface area (Å²) in [5.74, 6) is -2.96. The second-order valence-corrected chi connectivity index (χ2v) is 5.76. The van der Waals surface area contributed by atoms with E-state index in [-0.39, 0.29) is 17.0 Å². The maximum Gasteiger partial charge on any atom is 0.276 e. The summed E-state index contributed by atoms with van der Waals surface area (Å²) in [6.45, 7) is 0.808. The Bertz CT molecular complexity index is 936. The molecule has 0 bridgehead atoms. The van der Waals surface area contributed by atoms with Gasteiger partial charge in [-0.05, 0) is 25.1 Å². The number of non-ortho nitro benzene ring substituents is 1. The minimum absolute atomic E-state index is 0.00109. The Balaban J connectivity index is 1.80. The number of benzene rings is 2. The van der Waals surface area contributed by atoms with Gasteiger partial charge in [-0.2, -0.15) is 0 Å². The zero-order valence-electron chi connectivity index (χ0n) is 15.2. The van der Waals surface area contributed by atoms with Gasteiger partial charge in [0.05, 0.1) is 4.92 Å². The van der Waals surface area contributed by atoms with Crippen molar-refractivity contribution in [2.75, 3.05) is 6.61 Å². The summed E-state index contributed by atoms with van der Waals surface area (Å²) < 4.78 is 18.4. The second kappa shape index (κ2) is 9.78. The first-order chi connectivity index (χ1) is 13.8. The van der Waals surface area contributed by atoms with E-state index in [9.17, 15) is 28.9 Å². The van der Waals surface area contributed by atoms with Crippen LogP contribution in [0.3, 0.4) is 0 Å². The van der Waals surface area contributed by atoms with E-state index in [0.29, 0.717) is 0 Å². The molecule has 0 heterocycles. The van der Waals surface area contributed by atoms with Crippen LogP contribution in [-0.4, -0.2) is 35.3 Å². The topological polar surface area (TPSA) is 140 Å². The maximum atomic E-state index is 13.4. The molecule has 29 heavy (non-hydrogen) atoms. The quantitative estimate of drug-likeness (QED) is 0.466. The first-order valence-electron chi connectivity index (χ1n) is 8.29. The Hall–Kier alpha value is -4.02. The molecule has 152 valence electrons. The lowest BCUT2D eigenvalue weighted by Crippen LogP contribution is -2.52. The molecule has 0 aliphatic carbocycles. The van der Waals surface area contributed by atoms with Crippen LogP contribution in [0.1, 0.15) is 17.3 Å². The van der Waals surface area contributed by atoms with Gasteiger partial charge < -0.3 is 10.1 Å². The predicted octanol–water partition coefficient (Wildman–Crippen LogP) is 1.08. The van der Waals surface area contributed by atoms with Crippen molar-refractivity contribution in [2.45, 2.75) is 13.0 Å². The molecule has 1 atom stereocenters. The molecule has 3 amide bonds. The van der Waals surface area contributed by atoms with E-state index < -0.39 is 41.1 Å². The molecular formula is C18H17FN4O6. The molecule has 0 fully saturated rings. The molecule has 0 aliphatic rings. The number of carbonyl (C=O) groups is 3. The second-order valence-electron chi connectivity index (χ2n) is 5.76. The first-order valence-corrected chi connectivity index (χ1v) is 8.29. The molecule has 0 saturated carbocycles. The number of hydrogen-bond donors (Lipinski definition) is 3. The Morgan fingerprint density at radius 2 is 1.86 bits per heavy atom. The van der Waals surface area contributed by atoms with Crippen molar-refractivity contribution in [3.63, 3.8) is 0 Å². The Morgan fingerprint density at radius 3 is 2.55 bits per heavy atom. The van der Waals surface area contributed by atoms with Crippen LogP contribution in [0.25, 0.3) is 0 Å². The highest BCUT2D eigenvalue weighted by molar-refractivity contribution is 5.98. The van der Waals surface area contributed by atoms with Crippen molar-refractivity contribution in [2.24, 2.45) is 0 Å². The number of halogens is 1. The normalized spacial score (nSPS) is 11.1. The standard InChI is InChI=1S/C18H17FN4O6/c1-11(20-18(26)12-5-4-6-13(9-12)23(27)28)17(25)22-21-16(24)10-29-15-8-3-2-7-14(15)19/h2-9,11H,10H2,1H3,(H,20,26)(H,21,24)(H,22,25)/t11-/m0/s1. The molecule has 3 N–H and O–H groups in total. The van der Waals surface area contributed by atoms with Crippen LogP contribution in [0.15, 0.2) is 48.5 Å². The molecule has 2 rings (SSSR count). The highest BCUT2D eigenvalue weighted by Gasteiger charge is 2.19. The molecule has 2 aromatic carbocycles. The molecule has 0 aromatic heterocycles. The van der Waals surface area contributed by atoms with Gasteiger partial charge >= 0.3 is 0 Å². The molecule has 0 aliphatic heterocycles. The fraction of sp³-hybridized carbons (Fsp3) is 0.167. The van der Waals surface area contributed by atoms with Crippen LogP contribution in [0.2, 0.25) is 0 Å². The number of hydrazine groups is 1. The summed E-state index contributed by atoms with van der Waals surface area (Å²) in [6, 6.07) is 9.44. The van der Waals surface area contributed by atoms with Crippen LogP contribution in [0, 0.1) is 15.9 Å². The number of rotatable bonds is 7. The number of nitrogens with one attached hydrogen (secondary N) is 3. The monoisotopic (exact) mass is 404 g/mol. The average Bonchev–Trinajstić information content (AvgIpc) is 2.71. The van der Waals surface area contributed by atoms with E-state index in [4.69, 9.17) is 4.74 Å². The maximum absolute atomic E-state index is 13.4. The lowest BCUT2D eigenvalue weighted by molar-refractivity contribution is -0.384. The Kier molecular flexibility index (Phi) is 7.18. The summed E-state index contributed by atoms with van der Waals surface area (Å²) >= 11 is 0. The highest BCUT2D eigenvalue weighted by Crippen LogP contribution is 2.15. The molecule has 11 heteroatoms. The summed E-state index contributed by atoms with van der Waals surface area (Å²) in [5.41, 5.74) is 3.88. The van der Waals surface area contributed by atoms with Gasteiger partial charge in [0, 0.05) is 17.7 Å². The molecule has 0 saturated heterocycles. The molecular weight excluding hydrogens is 387 g/mol. The number of ether oxygens (including phenoxy) is 1. The van der Waals surface area contributed by atoms with Gasteiger partial charge in [-0.15, -0.1) is 0 Å². The van der Waals surface area contributed by atoms with Crippen molar-refractivity contribution < 1.29 is 28.4 Å². The lowest BCUT2D eigenvalue weighted by Gasteiger charge is -2.15. The first kappa shape index (κ1) is 21.3. The number of nitrogens with zero attached hydrogens (tertiary/aromatic N) is 1. The number of amides is 3. The van der Waals surface area contributed by atoms with Gasteiger partial charge in [0.25, 0.3) is 23.4 Å². The van der Waals surface area contributed by atoms with E-state index in [0.717, 1.165) is 6.07 Å². The fourth-order valence-electron chi connectivity index (χ4n) is 2.09. The molecule has 10 nitrogen and oxygen atoms in total. The molecule has 2 aromatic rings.